The lowest BCUT2D eigenvalue weighted by Gasteiger charge is -2.09. The van der Waals surface area contributed by atoms with E-state index in [0.29, 0.717) is 6.42 Å². The Morgan fingerprint density at radius 1 is 1.69 bits per heavy atom. The van der Waals surface area contributed by atoms with Gasteiger partial charge in [0.05, 0.1) is 0 Å². The van der Waals surface area contributed by atoms with Crippen molar-refractivity contribution in [1.82, 2.24) is 0 Å². The number of nitrogens with two attached hydrogens (primary N) is 1. The molecule has 1 rings (SSSR count). The van der Waals surface area contributed by atoms with E-state index in [2.05, 4.69) is 0 Å². The fourth-order valence-corrected chi connectivity index (χ4v) is 2.89. The lowest BCUT2D eigenvalue weighted by molar-refractivity contribution is -0.138. The summed E-state index contributed by atoms with van der Waals surface area (Å²) in [5.41, 5.74) is 5.39. The van der Waals surface area contributed by atoms with Crippen molar-refractivity contribution < 1.29 is 9.90 Å². The van der Waals surface area contributed by atoms with Crippen LogP contribution in [-0.4, -0.2) is 28.1 Å². The summed E-state index contributed by atoms with van der Waals surface area (Å²) in [5.74, 6) is 0.398. The summed E-state index contributed by atoms with van der Waals surface area (Å²) < 4.78 is 0. The summed E-state index contributed by atoms with van der Waals surface area (Å²) in [6, 6.07) is -0.661. The van der Waals surface area contributed by atoms with Gasteiger partial charge in [0.25, 0.3) is 0 Å². The van der Waals surface area contributed by atoms with Crippen molar-refractivity contribution in [3.63, 3.8) is 0 Å². The molecule has 1 unspecified atom stereocenters. The van der Waals surface area contributed by atoms with Gasteiger partial charge in [-0.1, -0.05) is 6.42 Å². The topological polar surface area (TPSA) is 63.3 Å². The number of rotatable bonds is 5. The van der Waals surface area contributed by atoms with Crippen molar-refractivity contribution in [3.05, 3.63) is 0 Å². The van der Waals surface area contributed by atoms with E-state index in [0.717, 1.165) is 18.1 Å². The van der Waals surface area contributed by atoms with Gasteiger partial charge >= 0.3 is 5.97 Å². The molecule has 0 aromatic carbocycles. The smallest absolute Gasteiger partial charge is 0.320 e. The standard InChI is InChI=1S/C9H17NO2S/c10-8(9(11)12)5-1-3-7-4-2-6-13-7/h7-8H,1-6,10H2,(H,11,12)/t7-,8?/m0/s1. The summed E-state index contributed by atoms with van der Waals surface area (Å²) in [6.45, 7) is 0. The first-order valence-corrected chi connectivity index (χ1v) is 5.85. The third-order valence-corrected chi connectivity index (χ3v) is 3.85. The molecule has 0 aromatic rings. The van der Waals surface area contributed by atoms with Gasteiger partial charge in [0.1, 0.15) is 6.04 Å². The van der Waals surface area contributed by atoms with Crippen LogP contribution in [0, 0.1) is 0 Å². The number of hydrogen-bond donors (Lipinski definition) is 2. The third kappa shape index (κ3) is 4.00. The molecule has 3 N–H and O–H groups in total. The molecule has 0 aromatic heterocycles. The molecule has 0 amide bonds. The van der Waals surface area contributed by atoms with Crippen LogP contribution in [0.25, 0.3) is 0 Å². The Hall–Kier alpha value is -0.220. The summed E-state index contributed by atoms with van der Waals surface area (Å²) in [4.78, 5) is 10.4. The second-order valence-electron chi connectivity index (χ2n) is 3.51. The monoisotopic (exact) mass is 203 g/mol. The fourth-order valence-electron chi connectivity index (χ4n) is 1.56. The Labute approximate surface area is 83.1 Å². The number of carboxylic acids is 1. The molecule has 0 radical (unpaired) electrons. The van der Waals surface area contributed by atoms with Crippen molar-refractivity contribution in [1.29, 1.82) is 0 Å². The Bertz CT molecular complexity index is 169. The van der Waals surface area contributed by atoms with Crippen molar-refractivity contribution in [3.8, 4) is 0 Å². The maximum atomic E-state index is 10.4. The SMILES string of the molecule is NC(CCC[C@H]1CCCS1)C(=O)O. The van der Waals surface area contributed by atoms with Gasteiger partial charge in [-0.05, 0) is 31.4 Å². The molecule has 1 aliphatic rings. The van der Waals surface area contributed by atoms with Crippen LogP contribution in [0.1, 0.15) is 32.1 Å². The van der Waals surface area contributed by atoms with Crippen molar-refractivity contribution in [2.24, 2.45) is 5.73 Å². The summed E-state index contributed by atoms with van der Waals surface area (Å²) >= 11 is 2.01. The quantitative estimate of drug-likeness (QED) is 0.710. The zero-order valence-corrected chi connectivity index (χ0v) is 8.55. The number of carbonyl (C=O) groups is 1. The Morgan fingerprint density at radius 2 is 2.46 bits per heavy atom. The first-order valence-electron chi connectivity index (χ1n) is 4.80. The predicted octanol–water partition coefficient (Wildman–Crippen LogP) is 1.46. The minimum atomic E-state index is -0.876. The maximum Gasteiger partial charge on any atom is 0.320 e. The first-order chi connectivity index (χ1) is 6.20. The highest BCUT2D eigenvalue weighted by Crippen LogP contribution is 2.29. The zero-order valence-electron chi connectivity index (χ0n) is 7.74. The van der Waals surface area contributed by atoms with Crippen LogP contribution in [0.4, 0.5) is 0 Å². The molecular formula is C9H17NO2S. The number of carboxylic acid groups (broad SMARTS) is 1. The summed E-state index contributed by atoms with van der Waals surface area (Å²) in [7, 11) is 0. The molecule has 1 heterocycles. The van der Waals surface area contributed by atoms with Gasteiger partial charge in [-0.3, -0.25) is 4.79 Å². The lowest BCUT2D eigenvalue weighted by atomic mass is 10.1. The predicted molar refractivity (Wildman–Crippen MR) is 54.9 cm³/mol. The highest BCUT2D eigenvalue weighted by atomic mass is 32.2. The molecule has 0 saturated carbocycles. The normalized spacial score (nSPS) is 24.5. The van der Waals surface area contributed by atoms with Crippen LogP contribution in [0.5, 0.6) is 0 Å². The first kappa shape index (κ1) is 10.9. The summed E-state index contributed by atoms with van der Waals surface area (Å²) in [6.07, 6.45) is 5.32. The molecule has 0 bridgehead atoms. The third-order valence-electron chi connectivity index (χ3n) is 2.38. The van der Waals surface area contributed by atoms with Crippen molar-refractivity contribution in [2.45, 2.75) is 43.4 Å². The number of hydrogen-bond acceptors (Lipinski definition) is 3. The van der Waals surface area contributed by atoms with Crippen LogP contribution in [0.3, 0.4) is 0 Å². The number of aliphatic carboxylic acids is 1. The Balaban J connectivity index is 2.02. The molecule has 2 atom stereocenters. The average molecular weight is 203 g/mol. The lowest BCUT2D eigenvalue weighted by Crippen LogP contribution is -2.29. The van der Waals surface area contributed by atoms with Crippen LogP contribution in [-0.2, 0) is 4.79 Å². The molecule has 0 aliphatic carbocycles. The molecule has 1 fully saturated rings. The van der Waals surface area contributed by atoms with E-state index < -0.39 is 12.0 Å². The second kappa shape index (κ2) is 5.50. The molecular weight excluding hydrogens is 186 g/mol. The molecule has 1 aliphatic heterocycles. The highest BCUT2D eigenvalue weighted by molar-refractivity contribution is 8.00. The van der Waals surface area contributed by atoms with Gasteiger partial charge in [0, 0.05) is 5.25 Å². The van der Waals surface area contributed by atoms with E-state index in [4.69, 9.17) is 10.8 Å². The molecule has 1 saturated heterocycles. The van der Waals surface area contributed by atoms with E-state index in [1.54, 1.807) is 0 Å². The number of thioether (sulfide) groups is 1. The largest absolute Gasteiger partial charge is 0.480 e. The summed E-state index contributed by atoms with van der Waals surface area (Å²) in [5, 5.41) is 9.31. The molecule has 3 nitrogen and oxygen atoms in total. The van der Waals surface area contributed by atoms with Gasteiger partial charge in [-0.25, -0.2) is 0 Å². The minimum absolute atomic E-state index is 0.617. The van der Waals surface area contributed by atoms with Crippen molar-refractivity contribution in [2.75, 3.05) is 5.75 Å². The average Bonchev–Trinajstić information content (AvgIpc) is 2.56. The zero-order chi connectivity index (χ0) is 9.68. The second-order valence-corrected chi connectivity index (χ2v) is 4.92. The minimum Gasteiger partial charge on any atom is -0.480 e. The van der Waals surface area contributed by atoms with Crippen LogP contribution in [0.2, 0.25) is 0 Å². The van der Waals surface area contributed by atoms with Gasteiger partial charge in [-0.15, -0.1) is 0 Å². The van der Waals surface area contributed by atoms with E-state index in [-0.39, 0.29) is 0 Å². The van der Waals surface area contributed by atoms with Crippen LogP contribution < -0.4 is 5.73 Å². The Morgan fingerprint density at radius 3 is 3.00 bits per heavy atom. The van der Waals surface area contributed by atoms with E-state index in [1.165, 1.54) is 18.6 Å². The fraction of sp³-hybridized carbons (Fsp3) is 0.889. The van der Waals surface area contributed by atoms with Gasteiger partial charge in [0.2, 0.25) is 0 Å². The molecule has 4 heteroatoms. The highest BCUT2D eigenvalue weighted by Gasteiger charge is 2.16. The Kier molecular flexibility index (Phi) is 4.59. The van der Waals surface area contributed by atoms with E-state index in [9.17, 15) is 4.79 Å². The van der Waals surface area contributed by atoms with Crippen LogP contribution in [0.15, 0.2) is 0 Å². The van der Waals surface area contributed by atoms with E-state index >= 15 is 0 Å². The van der Waals surface area contributed by atoms with Crippen LogP contribution >= 0.6 is 11.8 Å². The molecule has 13 heavy (non-hydrogen) atoms. The maximum absolute atomic E-state index is 10.4. The van der Waals surface area contributed by atoms with Gasteiger partial charge in [0.15, 0.2) is 0 Å². The van der Waals surface area contributed by atoms with Gasteiger partial charge < -0.3 is 10.8 Å². The van der Waals surface area contributed by atoms with Gasteiger partial charge in [-0.2, -0.15) is 11.8 Å². The molecule has 76 valence electrons. The molecule has 0 spiro atoms. The van der Waals surface area contributed by atoms with E-state index in [1.807, 2.05) is 11.8 Å². The van der Waals surface area contributed by atoms with Crippen molar-refractivity contribution >= 4 is 17.7 Å².